The van der Waals surface area contributed by atoms with Crippen molar-refractivity contribution in [1.82, 2.24) is 15.6 Å². The predicted octanol–water partition coefficient (Wildman–Crippen LogP) is 2.70. The van der Waals surface area contributed by atoms with Crippen LogP contribution in [0.15, 0.2) is 36.4 Å². The number of rotatable bonds is 3. The van der Waals surface area contributed by atoms with Crippen molar-refractivity contribution in [2.45, 2.75) is 12.5 Å². The minimum absolute atomic E-state index is 0.0160. The van der Waals surface area contributed by atoms with Crippen molar-refractivity contribution in [1.29, 1.82) is 0 Å². The summed E-state index contributed by atoms with van der Waals surface area (Å²) in [6, 6.07) is 8.92. The Morgan fingerprint density at radius 1 is 1.20 bits per heavy atom. The fourth-order valence-electron chi connectivity index (χ4n) is 2.42. The molecule has 4 amide bonds. The van der Waals surface area contributed by atoms with Crippen LogP contribution in [0.3, 0.4) is 0 Å². The zero-order valence-electron chi connectivity index (χ0n) is 12.9. The average molecular weight is 379 g/mol. The summed E-state index contributed by atoms with van der Waals surface area (Å²) in [6.45, 7) is 1.57. The van der Waals surface area contributed by atoms with Gasteiger partial charge in [-0.05, 0) is 36.8 Å². The van der Waals surface area contributed by atoms with Crippen LogP contribution in [0.25, 0.3) is 0 Å². The van der Waals surface area contributed by atoms with Crippen molar-refractivity contribution in [3.63, 3.8) is 0 Å². The number of imide groups is 1. The summed E-state index contributed by atoms with van der Waals surface area (Å²) in [5.74, 6) is -1.02. The highest BCUT2D eigenvalue weighted by Crippen LogP contribution is 2.27. The number of carbonyl (C=O) groups excluding carboxylic acids is 3. The molecule has 3 rings (SSSR count). The Balaban J connectivity index is 1.87. The van der Waals surface area contributed by atoms with Gasteiger partial charge in [0, 0.05) is 5.69 Å². The van der Waals surface area contributed by atoms with Crippen LogP contribution in [0.1, 0.15) is 23.0 Å². The van der Waals surface area contributed by atoms with Crippen molar-refractivity contribution in [2.24, 2.45) is 0 Å². The molecule has 2 heterocycles. The second-order valence-corrected chi connectivity index (χ2v) is 6.33. The Bertz CT molecular complexity index is 903. The van der Waals surface area contributed by atoms with E-state index in [1.165, 1.54) is 12.1 Å². The van der Waals surface area contributed by atoms with Crippen molar-refractivity contribution in [2.75, 3.05) is 5.32 Å². The smallest absolute Gasteiger partial charge is 0.321 e. The van der Waals surface area contributed by atoms with Crippen molar-refractivity contribution in [3.05, 3.63) is 57.8 Å². The quantitative estimate of drug-likeness (QED) is 0.564. The number of aromatic nitrogens is 1. The summed E-state index contributed by atoms with van der Waals surface area (Å²) in [6.07, 6.45) is 0. The SMILES string of the molecule is C[C@]1(c2cccc(NC(=O)c3nc(Cl)ccc3Cl)c2)NC(=O)NC1=O. The standard InChI is InChI=1S/C16H12Cl2N4O3/c1-16(14(24)21-15(25)22-16)8-3-2-4-9(7-8)19-13(23)12-10(17)5-6-11(18)20-12/h2-7H,1H3,(H,19,23)(H2,21,22,24,25)/t16-/m1/s1. The van der Waals surface area contributed by atoms with E-state index in [1.807, 2.05) is 0 Å². The molecule has 1 aromatic heterocycles. The Kier molecular flexibility index (Phi) is 4.36. The molecule has 1 atom stereocenters. The van der Waals surface area contributed by atoms with E-state index in [-0.39, 0.29) is 15.9 Å². The second-order valence-electron chi connectivity index (χ2n) is 5.53. The van der Waals surface area contributed by atoms with Gasteiger partial charge in [0.2, 0.25) is 0 Å². The van der Waals surface area contributed by atoms with Crippen LogP contribution in [-0.2, 0) is 10.3 Å². The summed E-state index contributed by atoms with van der Waals surface area (Å²) in [7, 11) is 0. The Morgan fingerprint density at radius 3 is 2.64 bits per heavy atom. The summed E-state index contributed by atoms with van der Waals surface area (Å²) in [5, 5.41) is 7.69. The largest absolute Gasteiger partial charge is 0.322 e. The van der Waals surface area contributed by atoms with Crippen LogP contribution in [0, 0.1) is 0 Å². The van der Waals surface area contributed by atoms with E-state index in [9.17, 15) is 14.4 Å². The lowest BCUT2D eigenvalue weighted by Gasteiger charge is -2.21. The second kappa shape index (κ2) is 6.34. The van der Waals surface area contributed by atoms with E-state index < -0.39 is 23.4 Å². The number of nitrogens with zero attached hydrogens (tertiary/aromatic N) is 1. The lowest BCUT2D eigenvalue weighted by atomic mass is 9.92. The highest BCUT2D eigenvalue weighted by Gasteiger charge is 2.43. The summed E-state index contributed by atoms with van der Waals surface area (Å²) in [4.78, 5) is 39.7. The summed E-state index contributed by atoms with van der Waals surface area (Å²) < 4.78 is 0. The molecule has 1 aromatic carbocycles. The Morgan fingerprint density at radius 2 is 1.96 bits per heavy atom. The first-order valence-electron chi connectivity index (χ1n) is 7.17. The molecule has 0 saturated carbocycles. The first-order chi connectivity index (χ1) is 11.8. The minimum Gasteiger partial charge on any atom is -0.321 e. The van der Waals surface area contributed by atoms with Gasteiger partial charge in [-0.15, -0.1) is 0 Å². The van der Waals surface area contributed by atoms with E-state index in [0.717, 1.165) is 0 Å². The molecule has 1 aliphatic heterocycles. The van der Waals surface area contributed by atoms with Gasteiger partial charge in [-0.2, -0.15) is 0 Å². The lowest BCUT2D eigenvalue weighted by Crippen LogP contribution is -2.40. The first-order valence-corrected chi connectivity index (χ1v) is 7.93. The molecule has 9 heteroatoms. The number of pyridine rings is 1. The molecular weight excluding hydrogens is 367 g/mol. The highest BCUT2D eigenvalue weighted by molar-refractivity contribution is 6.35. The summed E-state index contributed by atoms with van der Waals surface area (Å²) in [5.41, 5.74) is -0.309. The topological polar surface area (TPSA) is 100 Å². The number of amides is 4. The number of nitrogens with one attached hydrogen (secondary N) is 3. The number of benzene rings is 1. The van der Waals surface area contributed by atoms with Crippen LogP contribution in [0.2, 0.25) is 10.2 Å². The van der Waals surface area contributed by atoms with Crippen LogP contribution >= 0.6 is 23.2 Å². The minimum atomic E-state index is -1.22. The number of hydrogen-bond acceptors (Lipinski definition) is 4. The van der Waals surface area contributed by atoms with Gasteiger partial charge < -0.3 is 10.6 Å². The first kappa shape index (κ1) is 17.2. The number of hydrogen-bond donors (Lipinski definition) is 3. The van der Waals surface area contributed by atoms with Crippen LogP contribution in [0.5, 0.6) is 0 Å². The van der Waals surface area contributed by atoms with Crippen LogP contribution in [-0.4, -0.2) is 22.8 Å². The molecule has 0 aliphatic carbocycles. The van der Waals surface area contributed by atoms with Gasteiger partial charge in [-0.25, -0.2) is 9.78 Å². The van der Waals surface area contributed by atoms with Crippen molar-refractivity contribution >= 4 is 46.7 Å². The average Bonchev–Trinajstić information content (AvgIpc) is 2.83. The molecule has 3 N–H and O–H groups in total. The van der Waals surface area contributed by atoms with Crippen molar-refractivity contribution in [3.8, 4) is 0 Å². The Hall–Kier alpha value is -2.64. The third-order valence-corrected chi connectivity index (χ3v) is 4.29. The molecule has 1 aliphatic rings. The van der Waals surface area contributed by atoms with E-state index in [2.05, 4.69) is 20.9 Å². The fourth-order valence-corrected chi connectivity index (χ4v) is 2.76. The van der Waals surface area contributed by atoms with Gasteiger partial charge in [-0.3, -0.25) is 14.9 Å². The summed E-state index contributed by atoms with van der Waals surface area (Å²) >= 11 is 11.8. The number of halogens is 2. The van der Waals surface area contributed by atoms with Gasteiger partial charge in [0.1, 0.15) is 16.4 Å². The normalized spacial score (nSPS) is 19.3. The fraction of sp³-hybridized carbons (Fsp3) is 0.125. The maximum atomic E-state index is 12.4. The zero-order chi connectivity index (χ0) is 18.2. The van der Waals surface area contributed by atoms with E-state index in [4.69, 9.17) is 23.2 Å². The van der Waals surface area contributed by atoms with E-state index >= 15 is 0 Å². The predicted molar refractivity (Wildman–Crippen MR) is 92.7 cm³/mol. The number of anilines is 1. The van der Waals surface area contributed by atoms with Gasteiger partial charge in [0.05, 0.1) is 5.02 Å². The lowest BCUT2D eigenvalue weighted by molar-refractivity contribution is -0.123. The third kappa shape index (κ3) is 3.29. The maximum absolute atomic E-state index is 12.4. The molecule has 0 bridgehead atoms. The monoisotopic (exact) mass is 378 g/mol. The number of urea groups is 1. The van der Waals surface area contributed by atoms with Gasteiger partial charge in [0.15, 0.2) is 0 Å². The maximum Gasteiger partial charge on any atom is 0.322 e. The molecule has 2 aromatic rings. The molecule has 25 heavy (non-hydrogen) atoms. The molecule has 0 spiro atoms. The molecule has 0 unspecified atom stereocenters. The number of carbonyl (C=O) groups is 3. The highest BCUT2D eigenvalue weighted by atomic mass is 35.5. The third-order valence-electron chi connectivity index (χ3n) is 3.77. The van der Waals surface area contributed by atoms with Gasteiger partial charge in [-0.1, -0.05) is 35.3 Å². The van der Waals surface area contributed by atoms with Crippen molar-refractivity contribution < 1.29 is 14.4 Å². The molecular formula is C16H12Cl2N4O3. The zero-order valence-corrected chi connectivity index (χ0v) is 14.4. The molecule has 1 fully saturated rings. The molecule has 1 saturated heterocycles. The molecule has 7 nitrogen and oxygen atoms in total. The Labute approximate surface area is 152 Å². The van der Waals surface area contributed by atoms with Gasteiger partial charge >= 0.3 is 6.03 Å². The van der Waals surface area contributed by atoms with Gasteiger partial charge in [0.25, 0.3) is 11.8 Å². The molecule has 128 valence electrons. The van der Waals surface area contributed by atoms with Crippen LogP contribution < -0.4 is 16.0 Å². The van der Waals surface area contributed by atoms with E-state index in [1.54, 1.807) is 31.2 Å². The van der Waals surface area contributed by atoms with E-state index in [0.29, 0.717) is 11.3 Å². The molecule has 0 radical (unpaired) electrons. The van der Waals surface area contributed by atoms with Crippen LogP contribution in [0.4, 0.5) is 10.5 Å².